The van der Waals surface area contributed by atoms with E-state index in [0.717, 1.165) is 6.92 Å². The number of aliphatic hydroxyl groups is 1. The van der Waals surface area contributed by atoms with Crippen LogP contribution in [0.1, 0.15) is 27.7 Å². The summed E-state index contributed by atoms with van der Waals surface area (Å²) in [6.07, 6.45) is -1.58. The van der Waals surface area contributed by atoms with Crippen LogP contribution in [-0.4, -0.2) is 17.1 Å². The van der Waals surface area contributed by atoms with Gasteiger partial charge in [0.25, 0.3) is 5.92 Å². The van der Waals surface area contributed by atoms with Crippen LogP contribution in [0.4, 0.5) is 8.78 Å². The minimum absolute atomic E-state index is 1.10. The average molecular weight is 152 g/mol. The van der Waals surface area contributed by atoms with Crippen molar-refractivity contribution in [3.63, 3.8) is 0 Å². The predicted molar refractivity (Wildman–Crippen MR) is 36.1 cm³/mol. The number of alkyl halides is 2. The zero-order chi connectivity index (χ0) is 8.58. The summed E-state index contributed by atoms with van der Waals surface area (Å²) in [6.45, 7) is 5.31. The quantitative estimate of drug-likeness (QED) is 0.609. The molecule has 1 N–H and O–H groups in total. The number of rotatable bonds is 1. The van der Waals surface area contributed by atoms with Crippen LogP contribution < -0.4 is 0 Å². The Hall–Kier alpha value is -0.180. The number of halogens is 2. The lowest BCUT2D eigenvalue weighted by atomic mass is 9.85. The van der Waals surface area contributed by atoms with Gasteiger partial charge in [-0.3, -0.25) is 0 Å². The highest BCUT2D eigenvalue weighted by atomic mass is 19.3. The van der Waals surface area contributed by atoms with E-state index in [1.54, 1.807) is 0 Å². The second-order valence-corrected chi connectivity index (χ2v) is 3.55. The van der Waals surface area contributed by atoms with Crippen molar-refractivity contribution in [2.24, 2.45) is 5.41 Å². The lowest BCUT2D eigenvalue weighted by Gasteiger charge is -2.32. The van der Waals surface area contributed by atoms with E-state index >= 15 is 0 Å². The summed E-state index contributed by atoms with van der Waals surface area (Å²) in [7, 11) is 0. The fourth-order valence-electron chi connectivity index (χ4n) is 0.627. The van der Waals surface area contributed by atoms with Crippen LogP contribution in [0, 0.1) is 5.41 Å². The molecule has 0 aromatic heterocycles. The second kappa shape index (κ2) is 2.46. The van der Waals surface area contributed by atoms with Crippen molar-refractivity contribution >= 4 is 0 Å². The van der Waals surface area contributed by atoms with Crippen molar-refractivity contribution in [3.8, 4) is 0 Å². The molecule has 0 fully saturated rings. The standard InChI is InChI=1S/C7H14F2O/c1-5(10)7(8,9)6(2,3)4/h5,10H,1-4H3. The van der Waals surface area contributed by atoms with E-state index in [1.165, 1.54) is 20.8 Å². The van der Waals surface area contributed by atoms with Crippen molar-refractivity contribution in [1.82, 2.24) is 0 Å². The lowest BCUT2D eigenvalue weighted by Crippen LogP contribution is -2.43. The third kappa shape index (κ3) is 1.66. The molecule has 0 rings (SSSR count). The van der Waals surface area contributed by atoms with E-state index in [-0.39, 0.29) is 0 Å². The lowest BCUT2D eigenvalue weighted by molar-refractivity contribution is -0.168. The first-order valence-electron chi connectivity index (χ1n) is 3.25. The predicted octanol–water partition coefficient (Wildman–Crippen LogP) is 2.05. The summed E-state index contributed by atoms with van der Waals surface area (Å²) < 4.78 is 25.6. The Kier molecular flexibility index (Phi) is 2.41. The molecule has 0 aliphatic heterocycles. The molecule has 10 heavy (non-hydrogen) atoms. The van der Waals surface area contributed by atoms with Gasteiger partial charge in [-0.1, -0.05) is 20.8 Å². The normalized spacial score (nSPS) is 17.1. The molecule has 0 saturated heterocycles. The van der Waals surface area contributed by atoms with Gasteiger partial charge in [0.2, 0.25) is 0 Å². The molecule has 0 heterocycles. The Labute approximate surface area is 60.1 Å². The molecule has 0 bridgehead atoms. The highest BCUT2D eigenvalue weighted by Gasteiger charge is 2.47. The Morgan fingerprint density at radius 1 is 1.20 bits per heavy atom. The van der Waals surface area contributed by atoms with E-state index in [1.807, 2.05) is 0 Å². The van der Waals surface area contributed by atoms with E-state index < -0.39 is 17.4 Å². The summed E-state index contributed by atoms with van der Waals surface area (Å²) >= 11 is 0. The maximum Gasteiger partial charge on any atom is 0.277 e. The Balaban J connectivity index is 4.40. The summed E-state index contributed by atoms with van der Waals surface area (Å²) in [5.74, 6) is -3.01. The first-order valence-corrected chi connectivity index (χ1v) is 3.25. The number of hydrogen-bond donors (Lipinski definition) is 1. The zero-order valence-corrected chi connectivity index (χ0v) is 6.78. The monoisotopic (exact) mass is 152 g/mol. The molecular formula is C7H14F2O. The van der Waals surface area contributed by atoms with E-state index in [9.17, 15) is 8.78 Å². The molecule has 1 nitrogen and oxygen atoms in total. The first kappa shape index (κ1) is 9.82. The molecule has 0 aliphatic rings. The van der Waals surface area contributed by atoms with Crippen LogP contribution in [0.15, 0.2) is 0 Å². The Bertz CT molecular complexity index is 113. The molecule has 0 aromatic carbocycles. The molecule has 0 radical (unpaired) electrons. The SMILES string of the molecule is CC(O)C(F)(F)C(C)(C)C. The van der Waals surface area contributed by atoms with Crippen molar-refractivity contribution in [2.75, 3.05) is 0 Å². The van der Waals surface area contributed by atoms with Crippen molar-refractivity contribution in [2.45, 2.75) is 39.7 Å². The van der Waals surface area contributed by atoms with Crippen LogP contribution in [0.2, 0.25) is 0 Å². The molecule has 0 amide bonds. The fraction of sp³-hybridized carbons (Fsp3) is 1.00. The van der Waals surface area contributed by atoms with Crippen LogP contribution in [0.3, 0.4) is 0 Å². The largest absolute Gasteiger partial charge is 0.387 e. The fourth-order valence-corrected chi connectivity index (χ4v) is 0.627. The second-order valence-electron chi connectivity index (χ2n) is 3.55. The van der Waals surface area contributed by atoms with Crippen LogP contribution >= 0.6 is 0 Å². The van der Waals surface area contributed by atoms with Crippen molar-refractivity contribution in [3.05, 3.63) is 0 Å². The highest BCUT2D eigenvalue weighted by Crippen LogP contribution is 2.37. The maximum absolute atomic E-state index is 12.8. The molecular weight excluding hydrogens is 138 g/mol. The highest BCUT2D eigenvalue weighted by molar-refractivity contribution is 4.85. The van der Waals surface area contributed by atoms with Gasteiger partial charge in [0.05, 0.1) is 0 Å². The topological polar surface area (TPSA) is 20.2 Å². The van der Waals surface area contributed by atoms with Gasteiger partial charge < -0.3 is 5.11 Å². The summed E-state index contributed by atoms with van der Waals surface area (Å²) in [5, 5.41) is 8.67. The summed E-state index contributed by atoms with van der Waals surface area (Å²) in [4.78, 5) is 0. The van der Waals surface area contributed by atoms with Gasteiger partial charge >= 0.3 is 0 Å². The van der Waals surface area contributed by atoms with E-state index in [0.29, 0.717) is 0 Å². The Morgan fingerprint density at radius 3 is 1.50 bits per heavy atom. The van der Waals surface area contributed by atoms with Crippen molar-refractivity contribution < 1.29 is 13.9 Å². The Morgan fingerprint density at radius 2 is 1.50 bits per heavy atom. The summed E-state index contributed by atoms with van der Waals surface area (Å²) in [6, 6.07) is 0. The molecule has 0 spiro atoms. The molecule has 62 valence electrons. The maximum atomic E-state index is 12.8. The number of hydrogen-bond acceptors (Lipinski definition) is 1. The van der Waals surface area contributed by atoms with Crippen molar-refractivity contribution in [1.29, 1.82) is 0 Å². The minimum atomic E-state index is -3.01. The van der Waals surface area contributed by atoms with Crippen LogP contribution in [0.5, 0.6) is 0 Å². The van der Waals surface area contributed by atoms with Gasteiger partial charge in [-0.2, -0.15) is 0 Å². The molecule has 1 atom stereocenters. The smallest absolute Gasteiger partial charge is 0.277 e. The third-order valence-electron chi connectivity index (χ3n) is 1.52. The third-order valence-corrected chi connectivity index (χ3v) is 1.52. The van der Waals surface area contributed by atoms with E-state index in [2.05, 4.69) is 0 Å². The molecule has 0 aliphatic carbocycles. The molecule has 0 aromatic rings. The van der Waals surface area contributed by atoms with Gasteiger partial charge in [-0.25, -0.2) is 8.78 Å². The van der Waals surface area contributed by atoms with Gasteiger partial charge in [0.1, 0.15) is 6.10 Å². The average Bonchev–Trinajstić information content (AvgIpc) is 1.62. The molecule has 1 unspecified atom stereocenters. The van der Waals surface area contributed by atoms with Gasteiger partial charge in [-0.05, 0) is 6.92 Å². The van der Waals surface area contributed by atoms with E-state index in [4.69, 9.17) is 5.11 Å². The number of aliphatic hydroxyl groups excluding tert-OH is 1. The summed E-state index contributed by atoms with van der Waals surface area (Å²) in [5.41, 5.74) is -1.17. The first-order chi connectivity index (χ1) is 4.19. The van der Waals surface area contributed by atoms with Gasteiger partial charge in [0.15, 0.2) is 0 Å². The van der Waals surface area contributed by atoms with Gasteiger partial charge in [-0.15, -0.1) is 0 Å². The zero-order valence-electron chi connectivity index (χ0n) is 6.78. The van der Waals surface area contributed by atoms with Crippen LogP contribution in [-0.2, 0) is 0 Å². The van der Waals surface area contributed by atoms with Gasteiger partial charge in [0, 0.05) is 5.41 Å². The minimum Gasteiger partial charge on any atom is -0.387 e. The van der Waals surface area contributed by atoms with Crippen LogP contribution in [0.25, 0.3) is 0 Å². The molecule has 3 heteroatoms. The molecule has 0 saturated carbocycles.